The third kappa shape index (κ3) is 3.60. The lowest BCUT2D eigenvalue weighted by Gasteiger charge is -2.09. The Balaban J connectivity index is 2.17. The summed E-state index contributed by atoms with van der Waals surface area (Å²) in [5, 5.41) is 9.47. The van der Waals surface area contributed by atoms with E-state index in [1.807, 2.05) is 0 Å². The summed E-state index contributed by atoms with van der Waals surface area (Å²) in [6.07, 6.45) is 0.927. The van der Waals surface area contributed by atoms with Gasteiger partial charge in [0.25, 0.3) is 0 Å². The number of aromatic nitrogens is 1. The van der Waals surface area contributed by atoms with Crippen LogP contribution in [-0.2, 0) is 16.6 Å². The maximum atomic E-state index is 12.1. The minimum Gasteiger partial charge on any atom is -0.389 e. The Morgan fingerprint density at radius 1 is 1.47 bits per heavy atom. The first-order valence-electron chi connectivity index (χ1n) is 5.64. The minimum atomic E-state index is -3.57. The van der Waals surface area contributed by atoms with E-state index >= 15 is 0 Å². The van der Waals surface area contributed by atoms with Gasteiger partial charge in [-0.3, -0.25) is 4.98 Å². The first kappa shape index (κ1) is 14.1. The molecular formula is C12H14N2O3S2. The smallest absolute Gasteiger partial charge is 0.240 e. The number of aliphatic hydroxyl groups excluding tert-OH is 1. The van der Waals surface area contributed by atoms with Crippen LogP contribution < -0.4 is 4.72 Å². The summed E-state index contributed by atoms with van der Waals surface area (Å²) in [4.78, 5) is 4.87. The molecule has 0 aliphatic rings. The summed E-state index contributed by atoms with van der Waals surface area (Å²) in [5.74, 6) is 0. The minimum absolute atomic E-state index is 0.149. The van der Waals surface area contributed by atoms with Gasteiger partial charge in [-0.2, -0.15) is 0 Å². The van der Waals surface area contributed by atoms with Crippen LogP contribution in [0.1, 0.15) is 23.5 Å². The molecule has 0 bridgehead atoms. The molecule has 0 amide bonds. The lowest BCUT2D eigenvalue weighted by Crippen LogP contribution is -2.23. The predicted molar refractivity (Wildman–Crippen MR) is 73.2 cm³/mol. The summed E-state index contributed by atoms with van der Waals surface area (Å²) >= 11 is 1.39. The number of benzene rings is 1. The number of nitrogens with zero attached hydrogens (tertiary/aromatic N) is 1. The quantitative estimate of drug-likeness (QED) is 0.880. The average molecular weight is 298 g/mol. The van der Waals surface area contributed by atoms with Crippen molar-refractivity contribution < 1.29 is 13.5 Å². The first-order chi connectivity index (χ1) is 8.99. The molecule has 1 aromatic heterocycles. The SMILES string of the molecule is CC(O)c1cccc(S(=O)(=O)NCc2cncs2)c1. The standard InChI is InChI=1S/C12H14N2O3S2/c1-9(15)10-3-2-4-12(5-10)19(16,17)14-7-11-6-13-8-18-11/h2-6,8-9,14-15H,7H2,1H3. The van der Waals surface area contributed by atoms with Gasteiger partial charge in [0.15, 0.2) is 0 Å². The zero-order valence-electron chi connectivity index (χ0n) is 10.3. The van der Waals surface area contributed by atoms with Crippen molar-refractivity contribution >= 4 is 21.4 Å². The van der Waals surface area contributed by atoms with Crippen molar-refractivity contribution in [2.24, 2.45) is 0 Å². The second-order valence-electron chi connectivity index (χ2n) is 4.04. The van der Waals surface area contributed by atoms with Gasteiger partial charge in [-0.05, 0) is 24.6 Å². The maximum absolute atomic E-state index is 12.1. The van der Waals surface area contributed by atoms with Crippen molar-refractivity contribution in [1.82, 2.24) is 9.71 Å². The molecular weight excluding hydrogens is 284 g/mol. The third-order valence-corrected chi connectivity index (χ3v) is 4.75. The van der Waals surface area contributed by atoms with Crippen molar-refractivity contribution in [1.29, 1.82) is 0 Å². The fourth-order valence-corrected chi connectivity index (χ4v) is 3.21. The molecule has 7 heteroatoms. The molecule has 0 aliphatic carbocycles. The zero-order chi connectivity index (χ0) is 13.9. The van der Waals surface area contributed by atoms with Gasteiger partial charge in [-0.1, -0.05) is 12.1 Å². The molecule has 0 aliphatic heterocycles. The predicted octanol–water partition coefficient (Wildman–Crippen LogP) is 1.67. The molecule has 0 saturated carbocycles. The van der Waals surface area contributed by atoms with Crippen molar-refractivity contribution in [3.63, 3.8) is 0 Å². The molecule has 2 aromatic rings. The summed E-state index contributed by atoms with van der Waals surface area (Å²) in [6, 6.07) is 6.27. The first-order valence-corrected chi connectivity index (χ1v) is 8.00. The summed E-state index contributed by atoms with van der Waals surface area (Å²) in [6.45, 7) is 1.81. The van der Waals surface area contributed by atoms with E-state index in [2.05, 4.69) is 9.71 Å². The van der Waals surface area contributed by atoms with E-state index < -0.39 is 16.1 Å². The van der Waals surface area contributed by atoms with E-state index in [0.717, 1.165) is 4.88 Å². The van der Waals surface area contributed by atoms with E-state index in [4.69, 9.17) is 0 Å². The largest absolute Gasteiger partial charge is 0.389 e. The lowest BCUT2D eigenvalue weighted by molar-refractivity contribution is 0.199. The van der Waals surface area contributed by atoms with Crippen LogP contribution in [0.3, 0.4) is 0 Å². The number of hydrogen-bond donors (Lipinski definition) is 2. The highest BCUT2D eigenvalue weighted by Crippen LogP contribution is 2.17. The van der Waals surface area contributed by atoms with Crippen LogP contribution in [-0.4, -0.2) is 18.5 Å². The number of nitrogens with one attached hydrogen (secondary N) is 1. The number of hydrogen-bond acceptors (Lipinski definition) is 5. The molecule has 0 fully saturated rings. The van der Waals surface area contributed by atoms with Crippen LogP contribution in [0, 0.1) is 0 Å². The highest BCUT2D eigenvalue weighted by molar-refractivity contribution is 7.89. The molecule has 5 nitrogen and oxygen atoms in total. The van der Waals surface area contributed by atoms with Crippen molar-refractivity contribution in [2.45, 2.75) is 24.5 Å². The van der Waals surface area contributed by atoms with E-state index in [-0.39, 0.29) is 11.4 Å². The van der Waals surface area contributed by atoms with E-state index in [1.165, 1.54) is 23.5 Å². The normalized spacial score (nSPS) is 13.4. The van der Waals surface area contributed by atoms with Crippen molar-refractivity contribution in [3.05, 3.63) is 46.4 Å². The third-order valence-electron chi connectivity index (χ3n) is 2.57. The summed E-state index contributed by atoms with van der Waals surface area (Å²) in [5.41, 5.74) is 2.22. The van der Waals surface area contributed by atoms with Crippen LogP contribution in [0.4, 0.5) is 0 Å². The fraction of sp³-hybridized carbons (Fsp3) is 0.250. The molecule has 0 spiro atoms. The molecule has 2 N–H and O–H groups in total. The molecule has 1 heterocycles. The van der Waals surface area contributed by atoms with Gasteiger partial charge in [-0.15, -0.1) is 11.3 Å². The van der Waals surface area contributed by atoms with Crippen LogP contribution in [0.15, 0.2) is 40.9 Å². The Morgan fingerprint density at radius 3 is 2.89 bits per heavy atom. The lowest BCUT2D eigenvalue weighted by atomic mass is 10.1. The van der Waals surface area contributed by atoms with Crippen LogP contribution in [0.2, 0.25) is 0 Å². The van der Waals surface area contributed by atoms with Crippen molar-refractivity contribution in [3.8, 4) is 0 Å². The van der Waals surface area contributed by atoms with Gasteiger partial charge in [0.05, 0.1) is 16.5 Å². The molecule has 0 saturated heterocycles. The van der Waals surface area contributed by atoms with Crippen LogP contribution in [0.5, 0.6) is 0 Å². The maximum Gasteiger partial charge on any atom is 0.240 e. The van der Waals surface area contributed by atoms with E-state index in [9.17, 15) is 13.5 Å². The van der Waals surface area contributed by atoms with Crippen LogP contribution >= 0.6 is 11.3 Å². The number of rotatable bonds is 5. The number of sulfonamides is 1. The second kappa shape index (κ2) is 5.79. The Labute approximate surface area is 116 Å². The van der Waals surface area contributed by atoms with Gasteiger partial charge in [-0.25, -0.2) is 13.1 Å². The summed E-state index contributed by atoms with van der Waals surface area (Å²) < 4.78 is 26.7. The molecule has 1 atom stereocenters. The van der Waals surface area contributed by atoms with Gasteiger partial charge >= 0.3 is 0 Å². The van der Waals surface area contributed by atoms with Gasteiger partial charge in [0.2, 0.25) is 10.0 Å². The van der Waals surface area contributed by atoms with Gasteiger partial charge < -0.3 is 5.11 Å². The van der Waals surface area contributed by atoms with E-state index in [0.29, 0.717) is 5.56 Å². The monoisotopic (exact) mass is 298 g/mol. The Morgan fingerprint density at radius 2 is 2.26 bits per heavy atom. The molecule has 0 radical (unpaired) electrons. The van der Waals surface area contributed by atoms with E-state index in [1.54, 1.807) is 30.8 Å². The Kier molecular flexibility index (Phi) is 4.31. The number of thiazole rings is 1. The van der Waals surface area contributed by atoms with Crippen molar-refractivity contribution in [2.75, 3.05) is 0 Å². The second-order valence-corrected chi connectivity index (χ2v) is 6.78. The van der Waals surface area contributed by atoms with Crippen LogP contribution in [0.25, 0.3) is 0 Å². The zero-order valence-corrected chi connectivity index (χ0v) is 11.9. The van der Waals surface area contributed by atoms with Gasteiger partial charge in [0, 0.05) is 17.6 Å². The molecule has 102 valence electrons. The molecule has 19 heavy (non-hydrogen) atoms. The Bertz CT molecular complexity index is 637. The molecule has 1 unspecified atom stereocenters. The average Bonchev–Trinajstić information content (AvgIpc) is 2.90. The van der Waals surface area contributed by atoms with Gasteiger partial charge in [0.1, 0.15) is 0 Å². The summed E-state index contributed by atoms with van der Waals surface area (Å²) in [7, 11) is -3.57. The topological polar surface area (TPSA) is 79.3 Å². The number of aliphatic hydroxyl groups is 1. The fourth-order valence-electron chi connectivity index (χ4n) is 1.52. The Hall–Kier alpha value is -1.28. The molecule has 1 aromatic carbocycles. The highest BCUT2D eigenvalue weighted by Gasteiger charge is 2.15. The highest BCUT2D eigenvalue weighted by atomic mass is 32.2. The molecule has 2 rings (SSSR count).